The number of esters is 1. The van der Waals surface area contributed by atoms with Gasteiger partial charge in [0.05, 0.1) is 40.6 Å². The number of carboxylic acids is 1. The Kier molecular flexibility index (Phi) is 14.7. The van der Waals surface area contributed by atoms with Crippen molar-refractivity contribution >= 4 is 76.7 Å². The van der Waals surface area contributed by atoms with Gasteiger partial charge in [-0.1, -0.05) is 0 Å². The smallest absolute Gasteiger partial charge is 1.00 e. The number of rotatable bonds is 8. The Bertz CT molecular complexity index is 1960. The third kappa shape index (κ3) is 9.86. The molecule has 7 N–H and O–H groups in total. The Hall–Kier alpha value is -3.24. The van der Waals surface area contributed by atoms with E-state index >= 15 is 0 Å². The number of methoxy groups -OCH3 is 1. The SMILES string of the molecule is C1CCOC1.CC1(C)Cc2c(sc(NC(=O)C3(C(=O)O)CC3)c2C(N)=O)C(C)(C)O1.COC(=O)C1(C(=O)Nc2sc3c(c2C(N)=O)CC(C)(C)OC3(C)C)CC1.[B].[H-].[Li+]. The van der Waals surface area contributed by atoms with Crippen molar-refractivity contribution in [3.05, 3.63) is 32.0 Å². The van der Waals surface area contributed by atoms with Gasteiger partial charge in [0.25, 0.3) is 11.8 Å². The van der Waals surface area contributed by atoms with Gasteiger partial charge in [-0.05, 0) is 105 Å². The Morgan fingerprint density at radius 1 is 0.690 bits per heavy atom. The molecule has 5 heterocycles. The van der Waals surface area contributed by atoms with Gasteiger partial charge in [0, 0.05) is 44.2 Å². The Morgan fingerprint density at radius 2 is 1.05 bits per heavy atom. The van der Waals surface area contributed by atoms with Gasteiger partial charge >= 0.3 is 30.8 Å². The minimum atomic E-state index is -1.38. The third-order valence-corrected chi connectivity index (χ3v) is 13.4. The maximum Gasteiger partial charge on any atom is 1.00 e. The van der Waals surface area contributed by atoms with E-state index in [1.807, 2.05) is 55.4 Å². The summed E-state index contributed by atoms with van der Waals surface area (Å²) in [6.07, 6.45) is 5.02. The van der Waals surface area contributed by atoms with Gasteiger partial charge in [0.2, 0.25) is 11.8 Å². The molecule has 2 aromatic rings. The first-order chi connectivity index (χ1) is 25.8. The average Bonchev–Trinajstić information content (AvgIpc) is 3.89. The van der Waals surface area contributed by atoms with E-state index in [0.29, 0.717) is 54.1 Å². The first kappa shape index (κ1) is 49.1. The molecule has 0 spiro atoms. The first-order valence-electron chi connectivity index (χ1n) is 18.7. The summed E-state index contributed by atoms with van der Waals surface area (Å²) in [7, 11) is 1.26. The van der Waals surface area contributed by atoms with Crippen molar-refractivity contribution in [2.45, 2.75) is 129 Å². The fourth-order valence-corrected chi connectivity index (χ4v) is 10.3. The third-order valence-electron chi connectivity index (χ3n) is 10.5. The van der Waals surface area contributed by atoms with Gasteiger partial charge in [-0.3, -0.25) is 28.8 Å². The van der Waals surface area contributed by atoms with E-state index in [0.717, 1.165) is 34.1 Å². The number of hydrogen-bond acceptors (Lipinski definition) is 12. The van der Waals surface area contributed by atoms with E-state index in [9.17, 15) is 33.9 Å². The van der Waals surface area contributed by atoms with Crippen LogP contribution in [-0.4, -0.2) is 80.6 Å². The van der Waals surface area contributed by atoms with Crippen LogP contribution < -0.4 is 41.0 Å². The van der Waals surface area contributed by atoms with Crippen LogP contribution in [-0.2, 0) is 62.2 Å². The van der Waals surface area contributed by atoms with Crippen molar-refractivity contribution in [1.82, 2.24) is 0 Å². The monoisotopic (exact) mass is 837 g/mol. The molecular weight excluding hydrogens is 782 g/mol. The van der Waals surface area contributed by atoms with Crippen molar-refractivity contribution in [2.75, 3.05) is 31.0 Å². The minimum absolute atomic E-state index is 0. The van der Waals surface area contributed by atoms with Gasteiger partial charge < -0.3 is 47.6 Å². The van der Waals surface area contributed by atoms with Crippen molar-refractivity contribution in [3.63, 3.8) is 0 Å². The predicted octanol–water partition coefficient (Wildman–Crippen LogP) is 2.09. The molecule has 1 saturated heterocycles. The molecule has 3 aliphatic heterocycles. The Morgan fingerprint density at radius 3 is 1.33 bits per heavy atom. The van der Waals surface area contributed by atoms with Crippen LogP contribution in [0.4, 0.5) is 10.0 Å². The summed E-state index contributed by atoms with van der Waals surface area (Å²) in [6, 6.07) is 0. The molecule has 2 aromatic heterocycles. The largest absolute Gasteiger partial charge is 1.00 e. The number of nitrogens with two attached hydrogens (primary N) is 2. The Labute approximate surface area is 362 Å². The molecule has 2 saturated carbocycles. The molecule has 7 rings (SSSR count). The quantitative estimate of drug-likeness (QED) is 0.147. The number of anilines is 2. The summed E-state index contributed by atoms with van der Waals surface area (Å²) in [5, 5.41) is 15.4. The maximum atomic E-state index is 12.7. The van der Waals surface area contributed by atoms with Crippen molar-refractivity contribution in [1.29, 1.82) is 0 Å². The number of aliphatic carboxylic acids is 1. The molecule has 0 bridgehead atoms. The molecule has 15 nitrogen and oxygen atoms in total. The van der Waals surface area contributed by atoms with E-state index in [-0.39, 0.29) is 34.3 Å². The molecule has 3 fully saturated rings. The number of fused-ring (bicyclic) bond motifs is 2. The van der Waals surface area contributed by atoms with Crippen LogP contribution in [0.2, 0.25) is 0 Å². The van der Waals surface area contributed by atoms with Gasteiger partial charge in [-0.2, -0.15) is 0 Å². The summed E-state index contributed by atoms with van der Waals surface area (Å²) in [5.74, 6) is -3.99. The second kappa shape index (κ2) is 17.4. The zero-order valence-corrected chi connectivity index (χ0v) is 36.8. The molecule has 0 unspecified atom stereocenters. The second-order valence-electron chi connectivity index (χ2n) is 17.2. The number of primary amides is 2. The molecule has 5 aliphatic rings. The van der Waals surface area contributed by atoms with E-state index in [1.165, 1.54) is 42.6 Å². The number of carbonyl (C=O) groups is 6. The topological polar surface area (TPSA) is 236 Å². The average molecular weight is 838 g/mol. The van der Waals surface area contributed by atoms with Gasteiger partial charge in [-0.15, -0.1) is 22.7 Å². The Balaban J connectivity index is 0.000000347. The molecule has 0 atom stereocenters. The summed E-state index contributed by atoms with van der Waals surface area (Å²) in [5.41, 5.74) is 8.62. The van der Waals surface area contributed by atoms with Crippen molar-refractivity contribution in [2.24, 2.45) is 22.3 Å². The number of thiophene rings is 2. The minimum Gasteiger partial charge on any atom is -1.00 e. The van der Waals surface area contributed by atoms with Crippen LogP contribution in [0.5, 0.6) is 0 Å². The molecule has 0 aromatic carbocycles. The molecular formula is C39H55BLiN4O11S2. The molecule has 313 valence electrons. The van der Waals surface area contributed by atoms with Gasteiger partial charge in [-0.25, -0.2) is 0 Å². The van der Waals surface area contributed by atoms with E-state index < -0.39 is 68.8 Å². The number of hydrogen-bond donors (Lipinski definition) is 5. The zero-order chi connectivity index (χ0) is 41.8. The number of carboxylic acid groups (broad SMARTS) is 1. The fourth-order valence-electron chi connectivity index (χ4n) is 7.80. The summed E-state index contributed by atoms with van der Waals surface area (Å²) >= 11 is 2.51. The molecule has 3 radical (unpaired) electrons. The summed E-state index contributed by atoms with van der Waals surface area (Å²) < 4.78 is 21.9. The van der Waals surface area contributed by atoms with Crippen LogP contribution in [0.15, 0.2) is 0 Å². The molecule has 2 aliphatic carbocycles. The molecule has 4 amide bonds. The van der Waals surface area contributed by atoms with Crippen molar-refractivity contribution < 1.29 is 73.1 Å². The van der Waals surface area contributed by atoms with E-state index in [4.69, 9.17) is 30.4 Å². The predicted molar refractivity (Wildman–Crippen MR) is 217 cm³/mol. The van der Waals surface area contributed by atoms with Crippen LogP contribution in [0.25, 0.3) is 0 Å². The van der Waals surface area contributed by atoms with Gasteiger partial charge in [0.15, 0.2) is 0 Å². The normalized spacial score (nSPS) is 21.1. The number of amides is 4. The summed E-state index contributed by atoms with van der Waals surface area (Å²) in [4.78, 5) is 74.3. The van der Waals surface area contributed by atoms with Crippen LogP contribution in [0.3, 0.4) is 0 Å². The van der Waals surface area contributed by atoms with E-state index in [1.54, 1.807) is 0 Å². The second-order valence-corrected chi connectivity index (χ2v) is 19.3. The fraction of sp³-hybridized carbons (Fsp3) is 0.641. The van der Waals surface area contributed by atoms with Crippen LogP contribution >= 0.6 is 22.7 Å². The number of carbonyl (C=O) groups excluding carboxylic acids is 5. The zero-order valence-electron chi connectivity index (χ0n) is 36.1. The van der Waals surface area contributed by atoms with E-state index in [2.05, 4.69) is 10.6 Å². The van der Waals surface area contributed by atoms with Crippen LogP contribution in [0, 0.1) is 10.8 Å². The maximum absolute atomic E-state index is 12.7. The van der Waals surface area contributed by atoms with Gasteiger partial charge in [0.1, 0.15) is 20.8 Å². The molecule has 19 heteroatoms. The number of nitrogens with one attached hydrogen (secondary N) is 2. The summed E-state index contributed by atoms with van der Waals surface area (Å²) in [6.45, 7) is 17.4. The number of ether oxygens (including phenoxy) is 4. The van der Waals surface area contributed by atoms with Crippen molar-refractivity contribution in [3.8, 4) is 0 Å². The standard InChI is InChI=1S/C18H24N2O5S.C17H22N2O5S.C4H8O.B.Li.H/c1-16(2)8-9-10(12(19)21)13(26-11(9)17(3,4)25-16)20-14(22)18(6-7-18)15(23)24-5;1-15(2)7-8-9(11(18)20)12(25-10(8)16(3,4)24-15)19-13(21)17(5-6-17)14(22)23;1-2-4-5-3-1;;;/h6-8H2,1-5H3,(H2,19,21)(H,20,22);5-7H2,1-4H3,(H2,18,20)(H,19,21)(H,22,23);1-4H2;;;/q;;;;+1;-1. The van der Waals surface area contributed by atoms with Crippen LogP contribution in [0.1, 0.15) is 137 Å². The molecule has 58 heavy (non-hydrogen) atoms. The first-order valence-corrected chi connectivity index (χ1v) is 20.3.